The first-order chi connectivity index (χ1) is 7.75. The van der Waals surface area contributed by atoms with Crippen molar-refractivity contribution in [2.75, 3.05) is 7.05 Å². The van der Waals surface area contributed by atoms with E-state index in [0.29, 0.717) is 0 Å². The quantitative estimate of drug-likeness (QED) is 0.907. The van der Waals surface area contributed by atoms with Crippen LogP contribution >= 0.6 is 11.3 Å². The van der Waals surface area contributed by atoms with E-state index in [2.05, 4.69) is 0 Å². The zero-order valence-corrected chi connectivity index (χ0v) is 10.8. The van der Waals surface area contributed by atoms with Crippen LogP contribution in [0, 0.1) is 0 Å². The van der Waals surface area contributed by atoms with Crippen molar-refractivity contribution < 1.29 is 13.2 Å². The lowest BCUT2D eigenvalue weighted by atomic mass is 10.1. The van der Waals surface area contributed by atoms with E-state index < -0.39 is 18.3 Å². The van der Waals surface area contributed by atoms with Gasteiger partial charge in [-0.15, -0.1) is 11.3 Å². The van der Waals surface area contributed by atoms with Crippen LogP contribution in [0.2, 0.25) is 0 Å². The first-order valence-electron chi connectivity index (χ1n) is 5.32. The van der Waals surface area contributed by atoms with Gasteiger partial charge < -0.3 is 5.73 Å². The minimum atomic E-state index is -4.31. The van der Waals surface area contributed by atoms with Gasteiger partial charge in [-0.05, 0) is 32.3 Å². The standard InChI is InChI=1S/C11H17F3N2S/c1-7(15)10(11(12,13)14)16(3)8(2)9-5-4-6-17-9/h4-8,10H,15H2,1-3H3. The molecule has 2 N–H and O–H groups in total. The van der Waals surface area contributed by atoms with Gasteiger partial charge >= 0.3 is 6.18 Å². The molecular formula is C11H17F3N2S. The molecule has 0 aromatic carbocycles. The molecule has 0 radical (unpaired) electrons. The fourth-order valence-corrected chi connectivity index (χ4v) is 2.71. The molecular weight excluding hydrogens is 249 g/mol. The van der Waals surface area contributed by atoms with E-state index in [1.807, 2.05) is 17.5 Å². The van der Waals surface area contributed by atoms with Gasteiger partial charge in [-0.25, -0.2) is 0 Å². The molecule has 0 aliphatic rings. The van der Waals surface area contributed by atoms with Crippen LogP contribution in [-0.4, -0.2) is 30.2 Å². The van der Waals surface area contributed by atoms with Crippen LogP contribution in [0.4, 0.5) is 13.2 Å². The smallest absolute Gasteiger partial charge is 0.326 e. The normalized spacial score (nSPS) is 18.1. The Morgan fingerprint density at radius 2 is 1.94 bits per heavy atom. The van der Waals surface area contributed by atoms with E-state index in [9.17, 15) is 13.2 Å². The number of hydrogen-bond donors (Lipinski definition) is 1. The Labute approximate surface area is 103 Å². The molecule has 0 spiro atoms. The van der Waals surface area contributed by atoms with Crippen molar-refractivity contribution in [3.8, 4) is 0 Å². The van der Waals surface area contributed by atoms with Crippen molar-refractivity contribution >= 4 is 11.3 Å². The van der Waals surface area contributed by atoms with Crippen molar-refractivity contribution in [2.24, 2.45) is 5.73 Å². The maximum absolute atomic E-state index is 12.9. The fraction of sp³-hybridized carbons (Fsp3) is 0.636. The van der Waals surface area contributed by atoms with Gasteiger partial charge in [0.1, 0.15) is 6.04 Å². The summed E-state index contributed by atoms with van der Waals surface area (Å²) in [5.41, 5.74) is 5.46. The molecule has 3 atom stereocenters. The van der Waals surface area contributed by atoms with E-state index in [4.69, 9.17) is 5.73 Å². The molecule has 3 unspecified atom stereocenters. The largest absolute Gasteiger partial charge is 0.405 e. The molecule has 0 amide bonds. The van der Waals surface area contributed by atoms with Gasteiger partial charge in [0.05, 0.1) is 0 Å². The third kappa shape index (κ3) is 3.43. The second-order valence-corrected chi connectivity index (χ2v) is 5.18. The van der Waals surface area contributed by atoms with Crippen molar-refractivity contribution in [3.05, 3.63) is 22.4 Å². The van der Waals surface area contributed by atoms with Crippen molar-refractivity contribution in [2.45, 2.75) is 38.1 Å². The third-order valence-corrected chi connectivity index (χ3v) is 3.88. The Kier molecular flexibility index (Phi) is 4.57. The van der Waals surface area contributed by atoms with Gasteiger partial charge in [0.2, 0.25) is 0 Å². The summed E-state index contributed by atoms with van der Waals surface area (Å²) in [5, 5.41) is 1.86. The van der Waals surface area contributed by atoms with Crippen LogP contribution in [0.25, 0.3) is 0 Å². The fourth-order valence-electron chi connectivity index (χ4n) is 1.87. The summed E-state index contributed by atoms with van der Waals surface area (Å²) in [7, 11) is 1.46. The van der Waals surface area contributed by atoms with E-state index in [0.717, 1.165) is 4.88 Å². The Morgan fingerprint density at radius 3 is 2.29 bits per heavy atom. The van der Waals surface area contributed by atoms with Crippen LogP contribution < -0.4 is 5.73 Å². The second-order valence-electron chi connectivity index (χ2n) is 4.20. The first-order valence-corrected chi connectivity index (χ1v) is 6.20. The molecule has 1 rings (SSSR count). The summed E-state index contributed by atoms with van der Waals surface area (Å²) in [6, 6.07) is 0.786. The average Bonchev–Trinajstić information content (AvgIpc) is 2.65. The minimum absolute atomic E-state index is 0.298. The van der Waals surface area contributed by atoms with E-state index >= 15 is 0 Å². The zero-order valence-electron chi connectivity index (χ0n) is 10.0. The first kappa shape index (κ1) is 14.5. The molecule has 2 nitrogen and oxygen atoms in total. The maximum Gasteiger partial charge on any atom is 0.405 e. The number of thiophene rings is 1. The van der Waals surface area contributed by atoms with Gasteiger partial charge in [0, 0.05) is 17.0 Å². The molecule has 0 aliphatic heterocycles. The molecule has 0 fully saturated rings. The summed E-state index contributed by atoms with van der Waals surface area (Å²) < 4.78 is 38.7. The van der Waals surface area contributed by atoms with Crippen LogP contribution in [-0.2, 0) is 0 Å². The predicted octanol–water partition coefficient (Wildman–Crippen LogP) is 3.02. The van der Waals surface area contributed by atoms with Gasteiger partial charge in [-0.1, -0.05) is 6.07 Å². The summed E-state index contributed by atoms with van der Waals surface area (Å²) in [4.78, 5) is 2.19. The lowest BCUT2D eigenvalue weighted by molar-refractivity contribution is -0.189. The summed E-state index contributed by atoms with van der Waals surface area (Å²) >= 11 is 1.45. The second kappa shape index (κ2) is 5.37. The van der Waals surface area contributed by atoms with Crippen LogP contribution in [0.15, 0.2) is 17.5 Å². The molecule has 17 heavy (non-hydrogen) atoms. The molecule has 1 aromatic heterocycles. The van der Waals surface area contributed by atoms with E-state index in [-0.39, 0.29) is 6.04 Å². The predicted molar refractivity (Wildman–Crippen MR) is 64.0 cm³/mol. The van der Waals surface area contributed by atoms with Gasteiger partial charge in [0.25, 0.3) is 0 Å². The van der Waals surface area contributed by atoms with Crippen molar-refractivity contribution in [1.82, 2.24) is 4.90 Å². The van der Waals surface area contributed by atoms with Crippen LogP contribution in [0.5, 0.6) is 0 Å². The highest BCUT2D eigenvalue weighted by atomic mass is 32.1. The molecule has 0 aliphatic carbocycles. The maximum atomic E-state index is 12.9. The molecule has 1 aromatic rings. The number of alkyl halides is 3. The molecule has 6 heteroatoms. The number of nitrogens with zero attached hydrogens (tertiary/aromatic N) is 1. The Hall–Kier alpha value is -0.590. The highest BCUT2D eigenvalue weighted by Crippen LogP contribution is 2.32. The monoisotopic (exact) mass is 266 g/mol. The van der Waals surface area contributed by atoms with Crippen LogP contribution in [0.3, 0.4) is 0 Å². The number of rotatable bonds is 4. The lowest BCUT2D eigenvalue weighted by Crippen LogP contribution is -2.54. The summed E-state index contributed by atoms with van der Waals surface area (Å²) in [6.45, 7) is 3.14. The number of nitrogens with two attached hydrogens (primary N) is 1. The van der Waals surface area contributed by atoms with Gasteiger partial charge in [-0.3, -0.25) is 4.90 Å². The molecule has 0 saturated heterocycles. The van der Waals surface area contributed by atoms with Crippen molar-refractivity contribution in [3.63, 3.8) is 0 Å². The Bertz CT molecular complexity index is 335. The lowest BCUT2D eigenvalue weighted by Gasteiger charge is -2.36. The Balaban J connectivity index is 2.89. The topological polar surface area (TPSA) is 29.3 Å². The average molecular weight is 266 g/mol. The third-order valence-electron chi connectivity index (χ3n) is 2.84. The number of halogens is 3. The van der Waals surface area contributed by atoms with Gasteiger partial charge in [-0.2, -0.15) is 13.2 Å². The number of likely N-dealkylation sites (N-methyl/N-ethyl adjacent to an activating group) is 1. The SMILES string of the molecule is CC(N)C(N(C)C(C)c1cccs1)C(F)(F)F. The van der Waals surface area contributed by atoms with Crippen molar-refractivity contribution in [1.29, 1.82) is 0 Å². The summed E-state index contributed by atoms with van der Waals surface area (Å²) in [5.74, 6) is 0. The highest BCUT2D eigenvalue weighted by Gasteiger charge is 2.46. The van der Waals surface area contributed by atoms with Crippen LogP contribution in [0.1, 0.15) is 24.8 Å². The Morgan fingerprint density at radius 1 is 1.35 bits per heavy atom. The van der Waals surface area contributed by atoms with Gasteiger partial charge in [0.15, 0.2) is 0 Å². The van der Waals surface area contributed by atoms with E-state index in [1.54, 1.807) is 6.92 Å². The number of hydrogen-bond acceptors (Lipinski definition) is 3. The molecule has 1 heterocycles. The molecule has 0 saturated carbocycles. The molecule has 98 valence electrons. The zero-order chi connectivity index (χ0) is 13.2. The van der Waals surface area contributed by atoms with E-state index in [1.165, 1.54) is 30.2 Å². The summed E-state index contributed by atoms with van der Waals surface area (Å²) in [6.07, 6.45) is -4.31. The minimum Gasteiger partial charge on any atom is -0.326 e. The molecule has 0 bridgehead atoms. The highest BCUT2D eigenvalue weighted by molar-refractivity contribution is 7.10.